The molecule has 1 amide bonds. The summed E-state index contributed by atoms with van der Waals surface area (Å²) >= 11 is 0. The highest BCUT2D eigenvalue weighted by atomic mass is 32.2. The summed E-state index contributed by atoms with van der Waals surface area (Å²) in [6.45, 7) is 2.96. The average molecular weight is 513 g/mol. The standard InChI is InChI=1S/C24H24N4O7S/c1-13-11-24(13)12-16-19(15-10-14(4-5-17(15)24)28-8-9-34-23(28)29)35-26-21(16)27-36(30,31)20-18(32-2)6-7-25-22(20)33-3/h4-7,10,13H,8-9,11-12H2,1-3H3,(H,26,27). The lowest BCUT2D eigenvalue weighted by Crippen LogP contribution is -2.25. The van der Waals surface area contributed by atoms with Crippen LogP contribution in [0.1, 0.15) is 24.5 Å². The molecule has 0 radical (unpaired) electrons. The van der Waals surface area contributed by atoms with E-state index < -0.39 is 16.1 Å². The van der Waals surface area contributed by atoms with E-state index in [1.165, 1.54) is 26.5 Å². The monoisotopic (exact) mass is 512 g/mol. The van der Waals surface area contributed by atoms with Crippen LogP contribution in [0.4, 0.5) is 16.3 Å². The summed E-state index contributed by atoms with van der Waals surface area (Å²) < 4.78 is 50.7. The molecule has 1 saturated heterocycles. The van der Waals surface area contributed by atoms with Gasteiger partial charge in [-0.2, -0.15) is 0 Å². The Morgan fingerprint density at radius 3 is 2.69 bits per heavy atom. The van der Waals surface area contributed by atoms with Gasteiger partial charge in [0.1, 0.15) is 12.4 Å². The Kier molecular flexibility index (Phi) is 4.94. The first-order valence-corrected chi connectivity index (χ1v) is 12.9. The Morgan fingerprint density at radius 1 is 1.22 bits per heavy atom. The lowest BCUT2D eigenvalue weighted by atomic mass is 9.78. The maximum Gasteiger partial charge on any atom is 0.414 e. The number of amides is 1. The third-order valence-electron chi connectivity index (χ3n) is 7.34. The third-order valence-corrected chi connectivity index (χ3v) is 8.71. The molecule has 3 aromatic rings. The van der Waals surface area contributed by atoms with Crippen molar-refractivity contribution >= 4 is 27.6 Å². The first kappa shape index (κ1) is 22.7. The molecule has 2 atom stereocenters. The number of sulfonamides is 1. The minimum absolute atomic E-state index is 0.0893. The van der Waals surface area contributed by atoms with Gasteiger partial charge in [-0.25, -0.2) is 18.2 Å². The predicted octanol–water partition coefficient (Wildman–Crippen LogP) is 3.34. The van der Waals surface area contributed by atoms with Crippen LogP contribution in [0.5, 0.6) is 11.6 Å². The van der Waals surface area contributed by atoms with E-state index in [0.717, 1.165) is 17.5 Å². The fourth-order valence-corrected chi connectivity index (χ4v) is 6.68. The van der Waals surface area contributed by atoms with E-state index in [-0.39, 0.29) is 27.8 Å². The molecular formula is C24H24N4O7S. The molecule has 12 heteroatoms. The van der Waals surface area contributed by atoms with E-state index in [1.54, 1.807) is 4.90 Å². The first-order chi connectivity index (χ1) is 17.3. The Labute approximate surface area is 207 Å². The second kappa shape index (κ2) is 7.85. The number of anilines is 2. The maximum atomic E-state index is 13.4. The number of cyclic esters (lactones) is 1. The van der Waals surface area contributed by atoms with E-state index in [1.807, 2.05) is 18.2 Å². The number of nitrogens with one attached hydrogen (secondary N) is 1. The molecule has 3 aliphatic rings. The number of nitrogens with zero attached hydrogens (tertiary/aromatic N) is 3. The van der Waals surface area contributed by atoms with Crippen LogP contribution in [0.25, 0.3) is 11.3 Å². The number of aromatic nitrogens is 2. The number of pyridine rings is 1. The molecule has 36 heavy (non-hydrogen) atoms. The van der Waals surface area contributed by atoms with Crippen molar-refractivity contribution in [2.75, 3.05) is 37.0 Å². The first-order valence-electron chi connectivity index (χ1n) is 11.5. The van der Waals surface area contributed by atoms with Crippen LogP contribution in [0.15, 0.2) is 39.9 Å². The molecule has 2 aliphatic carbocycles. The van der Waals surface area contributed by atoms with Crippen molar-refractivity contribution in [1.82, 2.24) is 10.1 Å². The molecule has 1 spiro atoms. The second-order valence-corrected chi connectivity index (χ2v) is 10.8. The number of hydrogen-bond donors (Lipinski definition) is 1. The summed E-state index contributed by atoms with van der Waals surface area (Å²) in [5.41, 5.74) is 3.11. The number of benzene rings is 1. The summed E-state index contributed by atoms with van der Waals surface area (Å²) in [6, 6.07) is 7.28. The second-order valence-electron chi connectivity index (χ2n) is 9.23. The van der Waals surface area contributed by atoms with Crippen molar-refractivity contribution in [2.45, 2.75) is 30.1 Å². The van der Waals surface area contributed by atoms with Gasteiger partial charge < -0.3 is 18.7 Å². The zero-order valence-electron chi connectivity index (χ0n) is 19.9. The zero-order chi connectivity index (χ0) is 25.2. The van der Waals surface area contributed by atoms with Crippen LogP contribution in [-0.4, -0.2) is 52.0 Å². The Hall–Kier alpha value is -3.80. The molecule has 1 aliphatic heterocycles. The minimum atomic E-state index is -4.19. The quantitative estimate of drug-likeness (QED) is 0.528. The van der Waals surface area contributed by atoms with Gasteiger partial charge in [0.15, 0.2) is 16.5 Å². The molecule has 1 saturated carbocycles. The van der Waals surface area contributed by atoms with Gasteiger partial charge in [-0.15, -0.1) is 0 Å². The number of carbonyl (C=O) groups excluding carboxylic acids is 1. The van der Waals surface area contributed by atoms with E-state index in [9.17, 15) is 13.2 Å². The fourth-order valence-electron chi connectivity index (χ4n) is 5.38. The molecule has 2 unspecified atom stereocenters. The van der Waals surface area contributed by atoms with E-state index in [0.29, 0.717) is 42.5 Å². The van der Waals surface area contributed by atoms with Crippen LogP contribution >= 0.6 is 0 Å². The van der Waals surface area contributed by atoms with E-state index >= 15 is 0 Å². The smallest absolute Gasteiger partial charge is 0.414 e. The summed E-state index contributed by atoms with van der Waals surface area (Å²) in [7, 11) is -1.49. The van der Waals surface area contributed by atoms with Crippen LogP contribution in [-0.2, 0) is 26.6 Å². The maximum absolute atomic E-state index is 13.4. The van der Waals surface area contributed by atoms with E-state index in [2.05, 4.69) is 21.8 Å². The number of hydrogen-bond acceptors (Lipinski definition) is 9. The molecular weight excluding hydrogens is 488 g/mol. The normalized spacial score (nSPS) is 22.1. The lowest BCUT2D eigenvalue weighted by Gasteiger charge is -2.27. The van der Waals surface area contributed by atoms with Gasteiger partial charge in [0.25, 0.3) is 10.0 Å². The van der Waals surface area contributed by atoms with Gasteiger partial charge in [0, 0.05) is 34.5 Å². The number of ether oxygens (including phenoxy) is 3. The Balaban J connectivity index is 1.44. The molecule has 1 N–H and O–H groups in total. The van der Waals surface area contributed by atoms with Crippen LogP contribution < -0.4 is 19.1 Å². The van der Waals surface area contributed by atoms with Gasteiger partial charge in [-0.1, -0.05) is 18.1 Å². The highest BCUT2D eigenvalue weighted by molar-refractivity contribution is 7.93. The molecule has 2 fully saturated rings. The summed E-state index contributed by atoms with van der Waals surface area (Å²) in [6.07, 6.45) is 2.53. The van der Waals surface area contributed by atoms with Crippen molar-refractivity contribution < 1.29 is 31.9 Å². The Morgan fingerprint density at radius 2 is 2.03 bits per heavy atom. The van der Waals surface area contributed by atoms with Gasteiger partial charge in [-0.3, -0.25) is 9.62 Å². The highest BCUT2D eigenvalue weighted by Gasteiger charge is 2.56. The number of methoxy groups -OCH3 is 2. The SMILES string of the molecule is COc1ccnc(OC)c1S(=O)(=O)Nc1noc2c1CC1(CC1C)c1ccc(N3CCOC3=O)cc1-2. The predicted molar refractivity (Wildman–Crippen MR) is 128 cm³/mol. The molecule has 6 rings (SSSR count). The molecule has 11 nitrogen and oxygen atoms in total. The minimum Gasteiger partial charge on any atom is -0.495 e. The van der Waals surface area contributed by atoms with Crippen molar-refractivity contribution in [2.24, 2.45) is 5.92 Å². The van der Waals surface area contributed by atoms with Crippen molar-refractivity contribution in [3.8, 4) is 23.0 Å². The average Bonchev–Trinajstić information content (AvgIpc) is 3.16. The van der Waals surface area contributed by atoms with E-state index in [4.69, 9.17) is 18.7 Å². The van der Waals surface area contributed by atoms with Crippen molar-refractivity contribution in [3.63, 3.8) is 0 Å². The van der Waals surface area contributed by atoms with Crippen molar-refractivity contribution in [3.05, 3.63) is 41.6 Å². The van der Waals surface area contributed by atoms with Crippen LogP contribution in [0.2, 0.25) is 0 Å². The zero-order valence-corrected chi connectivity index (χ0v) is 20.7. The van der Waals surface area contributed by atoms with Crippen LogP contribution in [0.3, 0.4) is 0 Å². The molecule has 2 aromatic heterocycles. The topological polar surface area (TPSA) is 133 Å². The summed E-state index contributed by atoms with van der Waals surface area (Å²) in [5.74, 6) is 0.968. The third kappa shape index (κ3) is 3.24. The largest absolute Gasteiger partial charge is 0.495 e. The Bertz CT molecular complexity index is 1480. The summed E-state index contributed by atoms with van der Waals surface area (Å²) in [4.78, 5) is 17.5. The van der Waals surface area contributed by atoms with Gasteiger partial charge in [0.05, 0.1) is 20.8 Å². The van der Waals surface area contributed by atoms with Gasteiger partial charge >= 0.3 is 6.09 Å². The van der Waals surface area contributed by atoms with Gasteiger partial charge in [0.2, 0.25) is 5.88 Å². The number of rotatable bonds is 6. The molecule has 1 aromatic carbocycles. The molecule has 3 heterocycles. The van der Waals surface area contributed by atoms with Gasteiger partial charge in [-0.05, 0) is 36.5 Å². The fraction of sp³-hybridized carbons (Fsp3) is 0.375. The lowest BCUT2D eigenvalue weighted by molar-refractivity contribution is 0.181. The molecule has 0 bridgehead atoms. The number of carbonyl (C=O) groups is 1. The number of fused-ring (bicyclic) bond motifs is 4. The summed E-state index contributed by atoms with van der Waals surface area (Å²) in [5, 5.41) is 4.11. The molecule has 188 valence electrons. The van der Waals surface area contributed by atoms with Crippen molar-refractivity contribution in [1.29, 1.82) is 0 Å². The highest BCUT2D eigenvalue weighted by Crippen LogP contribution is 2.62. The van der Waals surface area contributed by atoms with Crippen LogP contribution in [0, 0.1) is 5.92 Å².